The maximum absolute atomic E-state index is 6.89. The molecule has 0 N–H and O–H groups in total. The second-order valence-electron chi connectivity index (χ2n) is 19.4. The van der Waals surface area contributed by atoms with Gasteiger partial charge in [0.15, 0.2) is 0 Å². The molecule has 0 radical (unpaired) electrons. The Morgan fingerprint density at radius 1 is 0.474 bits per heavy atom. The summed E-state index contributed by atoms with van der Waals surface area (Å²) in [6, 6.07) is 87.3. The Balaban J connectivity index is 0.00000528. The Morgan fingerprint density at radius 2 is 1.11 bits per heavy atom. The van der Waals surface area contributed by atoms with Crippen molar-refractivity contribution in [1.29, 1.82) is 0 Å². The van der Waals surface area contributed by atoms with Gasteiger partial charge in [-0.2, -0.15) is 12.1 Å². The summed E-state index contributed by atoms with van der Waals surface area (Å²) in [5.74, 6) is 1.93. The predicted molar refractivity (Wildman–Crippen MR) is 308 cm³/mol. The van der Waals surface area contributed by atoms with Crippen LogP contribution in [-0.4, -0.2) is 28.2 Å². The number of para-hydroxylation sites is 5. The number of aromatic nitrogens is 3. The number of rotatable bonds is 8. The van der Waals surface area contributed by atoms with Gasteiger partial charge in [0.2, 0.25) is 0 Å². The van der Waals surface area contributed by atoms with E-state index in [1.165, 1.54) is 38.5 Å². The smallest absolute Gasteiger partial charge is 0.137 e. The Kier molecular flexibility index (Phi) is 10.8. The van der Waals surface area contributed by atoms with Crippen LogP contribution in [0.3, 0.4) is 0 Å². The van der Waals surface area contributed by atoms with Gasteiger partial charge in [0.05, 0.1) is 16.7 Å². The zero-order chi connectivity index (χ0) is 49.7. The van der Waals surface area contributed by atoms with E-state index in [1.807, 2.05) is 30.5 Å². The van der Waals surface area contributed by atoms with E-state index in [1.54, 1.807) is 0 Å². The fourth-order valence-corrected chi connectivity index (χ4v) is 11.7. The first-order valence-corrected chi connectivity index (χ1v) is 25.3. The molecule has 15 rings (SSSR count). The Morgan fingerprint density at radius 3 is 1.88 bits per heavy atom. The summed E-state index contributed by atoms with van der Waals surface area (Å²) in [5.41, 5.74) is 19.8. The monoisotopic (exact) mass is 1160 g/mol. The van der Waals surface area contributed by atoms with Crippen LogP contribution in [0.15, 0.2) is 231 Å². The molecule has 0 saturated carbocycles. The predicted octanol–water partition coefficient (Wildman–Crippen LogP) is 17.1. The van der Waals surface area contributed by atoms with Crippen molar-refractivity contribution < 1.29 is 25.8 Å². The van der Waals surface area contributed by atoms with E-state index in [-0.39, 0.29) is 21.1 Å². The zero-order valence-corrected chi connectivity index (χ0v) is 43.7. The van der Waals surface area contributed by atoms with Crippen LogP contribution < -0.4 is 19.4 Å². The summed E-state index contributed by atoms with van der Waals surface area (Å²) in [4.78, 5) is 11.7. The number of fused-ring (bicyclic) bond motifs is 13. The van der Waals surface area contributed by atoms with Gasteiger partial charge < -0.3 is 28.6 Å². The molecule has 0 unspecified atom stereocenters. The molecule has 3 aromatic heterocycles. The topological polar surface area (TPSA) is 41.7 Å². The van der Waals surface area contributed by atoms with Crippen molar-refractivity contribution in [3.05, 3.63) is 249 Å². The number of hydrogen-bond donors (Lipinski definition) is 0. The Hall–Kier alpha value is -9.16. The van der Waals surface area contributed by atoms with Gasteiger partial charge in [0.25, 0.3) is 0 Å². The first-order chi connectivity index (χ1) is 37.1. The van der Waals surface area contributed by atoms with Crippen molar-refractivity contribution in [2.24, 2.45) is 0 Å². The summed E-state index contributed by atoms with van der Waals surface area (Å²) in [6.45, 7) is 2.18. The van der Waals surface area contributed by atoms with Crippen molar-refractivity contribution in [3.8, 4) is 67.5 Å². The van der Waals surface area contributed by atoms with Gasteiger partial charge in [-0.05, 0) is 64.0 Å². The SMILES string of the molecule is CN(C)c1ccnc(-n2c3[c-]c(Oc4[c-]c(N5[CH-]N(c6c(-c7ccccc7)cccc6-c6ccccc6)c6ccccc65)ccc4)ccc3c3c4c(ccc32)-n2c3ccccc3c3cccc(c32)-c2ccccc2-4)c1.[Pt]. The molecule has 0 atom stereocenters. The molecule has 366 valence electrons. The second-order valence-corrected chi connectivity index (χ2v) is 19.4. The number of nitrogens with zero attached hydrogens (tertiary/aromatic N) is 6. The van der Waals surface area contributed by atoms with Crippen molar-refractivity contribution in [2.45, 2.75) is 0 Å². The average molecular weight is 1160 g/mol. The van der Waals surface area contributed by atoms with Crippen LogP contribution in [-0.2, 0) is 21.1 Å². The maximum Gasteiger partial charge on any atom is 0.137 e. The normalized spacial score (nSPS) is 12.4. The van der Waals surface area contributed by atoms with E-state index < -0.39 is 0 Å². The van der Waals surface area contributed by atoms with Crippen molar-refractivity contribution in [1.82, 2.24) is 14.1 Å². The number of ether oxygens (including phenoxy) is 1. The number of anilines is 5. The Labute approximate surface area is 455 Å². The van der Waals surface area contributed by atoms with E-state index in [9.17, 15) is 0 Å². The number of pyridine rings is 1. The molecular formula is C68H45N6OPt-3. The first-order valence-electron chi connectivity index (χ1n) is 25.3. The minimum atomic E-state index is 0. The summed E-state index contributed by atoms with van der Waals surface area (Å²) in [6.07, 6.45) is 1.89. The third-order valence-electron chi connectivity index (χ3n) is 15.0. The molecule has 0 saturated heterocycles. The third kappa shape index (κ3) is 7.03. The molecule has 0 amide bonds. The number of hydrogen-bond acceptors (Lipinski definition) is 5. The molecule has 13 aromatic rings. The van der Waals surface area contributed by atoms with E-state index in [0.717, 1.165) is 89.6 Å². The van der Waals surface area contributed by atoms with Gasteiger partial charge in [-0.25, -0.2) is 4.98 Å². The van der Waals surface area contributed by atoms with Crippen LogP contribution in [0.25, 0.3) is 99.6 Å². The van der Waals surface area contributed by atoms with Crippen LogP contribution >= 0.6 is 0 Å². The molecule has 0 bridgehead atoms. The van der Waals surface area contributed by atoms with Crippen LogP contribution in [0, 0.1) is 18.8 Å². The van der Waals surface area contributed by atoms with Gasteiger partial charge >= 0.3 is 0 Å². The fraction of sp³-hybridized carbons (Fsp3) is 0.0294. The molecule has 8 heteroatoms. The van der Waals surface area contributed by atoms with Crippen LogP contribution in [0.5, 0.6) is 11.5 Å². The molecule has 0 aliphatic carbocycles. The minimum Gasteiger partial charge on any atom is -0.509 e. The summed E-state index contributed by atoms with van der Waals surface area (Å²) in [5, 5.41) is 4.65. The van der Waals surface area contributed by atoms with E-state index >= 15 is 0 Å². The molecule has 0 spiro atoms. The first kappa shape index (κ1) is 45.5. The fourth-order valence-electron chi connectivity index (χ4n) is 11.7. The quantitative estimate of drug-likeness (QED) is 0.142. The standard InChI is InChI=1S/C68H45N6O.Pt/c1-70(2)46-38-39-69-64(41-46)73-61-36-37-62-65(54-26-10-9-24-52(54)55-29-17-30-56-53-25-11-12-31-58(53)74(62)68(55)56)66(61)57-35-34-49(42-63(57)73)75-48-23-15-22-47(40-48)71-43-72(60-33-14-13-32-59(60)71)67-50(44-18-5-3-6-19-44)27-16-28-51(67)45-20-7-4-8-21-45;/h3-39,41,43H,1-2H3;/q-3;. The second kappa shape index (κ2) is 18.0. The van der Waals surface area contributed by atoms with Crippen LogP contribution in [0.4, 0.5) is 28.4 Å². The van der Waals surface area contributed by atoms with Crippen molar-refractivity contribution in [2.75, 3.05) is 28.8 Å². The molecule has 76 heavy (non-hydrogen) atoms. The summed E-state index contributed by atoms with van der Waals surface area (Å²) in [7, 11) is 4.12. The van der Waals surface area contributed by atoms with Crippen LogP contribution in [0.1, 0.15) is 0 Å². The van der Waals surface area contributed by atoms with Crippen molar-refractivity contribution in [3.63, 3.8) is 0 Å². The molecule has 0 fully saturated rings. The van der Waals surface area contributed by atoms with Gasteiger partial charge in [0, 0.05) is 120 Å². The molecule has 10 aromatic carbocycles. The van der Waals surface area contributed by atoms with Crippen molar-refractivity contribution >= 4 is 72.0 Å². The molecule has 2 aliphatic heterocycles. The van der Waals surface area contributed by atoms with Gasteiger partial charge in [0.1, 0.15) is 5.82 Å². The zero-order valence-electron chi connectivity index (χ0n) is 41.4. The molecule has 5 heterocycles. The molecule has 7 nitrogen and oxygen atoms in total. The van der Waals surface area contributed by atoms with Gasteiger partial charge in [-0.1, -0.05) is 157 Å². The summed E-state index contributed by atoms with van der Waals surface area (Å²) >= 11 is 0. The van der Waals surface area contributed by atoms with Crippen LogP contribution in [0.2, 0.25) is 0 Å². The van der Waals surface area contributed by atoms with Gasteiger partial charge in [-0.15, -0.1) is 48.1 Å². The molecular weight excluding hydrogens is 1110 g/mol. The third-order valence-corrected chi connectivity index (χ3v) is 15.0. The molecule has 2 aliphatic rings. The Bertz CT molecular complexity index is 4370. The largest absolute Gasteiger partial charge is 0.509 e. The van der Waals surface area contributed by atoms with E-state index in [0.29, 0.717) is 11.5 Å². The summed E-state index contributed by atoms with van der Waals surface area (Å²) < 4.78 is 11.6. The maximum atomic E-state index is 6.89. The number of benzene rings is 10. The minimum absolute atomic E-state index is 0. The van der Waals surface area contributed by atoms with Gasteiger partial charge in [-0.3, -0.25) is 0 Å². The average Bonchev–Trinajstić information content (AvgIpc) is 4.31. The van der Waals surface area contributed by atoms with E-state index in [4.69, 9.17) is 9.72 Å². The van der Waals surface area contributed by atoms with E-state index in [2.05, 4.69) is 257 Å².